The number of hydrogen-bond donors (Lipinski definition) is 2. The molecule has 0 aliphatic rings. The molecule has 19 heavy (non-hydrogen) atoms. The van der Waals surface area contributed by atoms with Gasteiger partial charge in [-0.05, 0) is 37.9 Å². The van der Waals surface area contributed by atoms with E-state index < -0.39 is 0 Å². The summed E-state index contributed by atoms with van der Waals surface area (Å²) in [7, 11) is 0. The lowest BCUT2D eigenvalue weighted by atomic mass is 10.0. The zero-order valence-corrected chi connectivity index (χ0v) is 13.3. The van der Waals surface area contributed by atoms with Crippen LogP contribution >= 0.6 is 11.8 Å². The Bertz CT molecular complexity index is 368. The Labute approximate surface area is 122 Å². The minimum atomic E-state index is -0.256. The van der Waals surface area contributed by atoms with Gasteiger partial charge in [-0.15, -0.1) is 0 Å². The summed E-state index contributed by atoms with van der Waals surface area (Å²) in [5.74, 6) is 0.997. The summed E-state index contributed by atoms with van der Waals surface area (Å²) >= 11 is 1.83. The lowest BCUT2D eigenvalue weighted by Gasteiger charge is -2.23. The molecule has 3 unspecified atom stereocenters. The first kappa shape index (κ1) is 16.5. The summed E-state index contributed by atoms with van der Waals surface area (Å²) in [5, 5.41) is 13.5. The maximum atomic E-state index is 9.59. The van der Waals surface area contributed by atoms with E-state index in [-0.39, 0.29) is 11.4 Å². The summed E-state index contributed by atoms with van der Waals surface area (Å²) in [5.41, 5.74) is 2.71. The first-order valence-corrected chi connectivity index (χ1v) is 8.19. The van der Waals surface area contributed by atoms with E-state index in [9.17, 15) is 5.11 Å². The van der Waals surface area contributed by atoms with Gasteiger partial charge in [-0.2, -0.15) is 11.8 Å². The smallest absolute Gasteiger partial charge is 0.0628 e. The number of rotatable bonds is 8. The third kappa shape index (κ3) is 5.55. The standard InChI is InChI=1S/C16H27NOS/c1-5-10-17-16(11-19-14(4)13(3)18)15-9-7-6-8-12(15)2/h6-9,13-14,16-18H,5,10-11H2,1-4H3. The average Bonchev–Trinajstić information content (AvgIpc) is 2.39. The van der Waals surface area contributed by atoms with Crippen molar-refractivity contribution in [3.63, 3.8) is 0 Å². The Morgan fingerprint density at radius 1 is 1.26 bits per heavy atom. The van der Waals surface area contributed by atoms with Crippen molar-refractivity contribution in [2.75, 3.05) is 12.3 Å². The minimum Gasteiger partial charge on any atom is -0.392 e. The molecule has 1 aromatic rings. The van der Waals surface area contributed by atoms with Gasteiger partial charge in [0.1, 0.15) is 0 Å². The van der Waals surface area contributed by atoms with Gasteiger partial charge < -0.3 is 10.4 Å². The van der Waals surface area contributed by atoms with Crippen molar-refractivity contribution in [2.24, 2.45) is 0 Å². The summed E-state index contributed by atoms with van der Waals surface area (Å²) < 4.78 is 0. The zero-order chi connectivity index (χ0) is 14.3. The fourth-order valence-corrected chi connectivity index (χ4v) is 3.01. The van der Waals surface area contributed by atoms with E-state index >= 15 is 0 Å². The lowest BCUT2D eigenvalue weighted by molar-refractivity contribution is 0.196. The number of aliphatic hydroxyl groups is 1. The van der Waals surface area contributed by atoms with Gasteiger partial charge in [-0.1, -0.05) is 38.1 Å². The van der Waals surface area contributed by atoms with Gasteiger partial charge in [-0.25, -0.2) is 0 Å². The van der Waals surface area contributed by atoms with Crippen LogP contribution in [0.3, 0.4) is 0 Å². The molecule has 2 nitrogen and oxygen atoms in total. The predicted octanol–water partition coefficient (Wildman–Crippen LogP) is 3.54. The van der Waals surface area contributed by atoms with Crippen molar-refractivity contribution in [3.8, 4) is 0 Å². The molecule has 0 aliphatic heterocycles. The Morgan fingerprint density at radius 2 is 1.95 bits per heavy atom. The highest BCUT2D eigenvalue weighted by atomic mass is 32.2. The van der Waals surface area contributed by atoms with Gasteiger partial charge in [0.2, 0.25) is 0 Å². The van der Waals surface area contributed by atoms with E-state index in [1.807, 2.05) is 18.7 Å². The topological polar surface area (TPSA) is 32.3 Å². The second-order valence-corrected chi connectivity index (χ2v) is 6.55. The van der Waals surface area contributed by atoms with Crippen LogP contribution in [0.4, 0.5) is 0 Å². The Hall–Kier alpha value is -0.510. The third-order valence-corrected chi connectivity index (χ3v) is 4.86. The molecule has 0 aromatic heterocycles. The molecular formula is C16H27NOS. The van der Waals surface area contributed by atoms with Gasteiger partial charge in [0.25, 0.3) is 0 Å². The highest BCUT2D eigenvalue weighted by Gasteiger charge is 2.16. The first-order chi connectivity index (χ1) is 9.06. The second-order valence-electron chi connectivity index (χ2n) is 5.14. The Morgan fingerprint density at radius 3 is 2.53 bits per heavy atom. The van der Waals surface area contributed by atoms with Gasteiger partial charge in [0, 0.05) is 17.0 Å². The monoisotopic (exact) mass is 281 g/mol. The zero-order valence-electron chi connectivity index (χ0n) is 12.5. The molecule has 0 spiro atoms. The highest BCUT2D eigenvalue weighted by Crippen LogP contribution is 2.25. The number of nitrogens with one attached hydrogen (secondary N) is 1. The maximum absolute atomic E-state index is 9.59. The molecule has 0 saturated heterocycles. The van der Waals surface area contributed by atoms with Crippen LogP contribution in [0.15, 0.2) is 24.3 Å². The molecule has 108 valence electrons. The van der Waals surface area contributed by atoms with Crippen LogP contribution in [-0.2, 0) is 0 Å². The Balaban J connectivity index is 2.69. The fraction of sp³-hybridized carbons (Fsp3) is 0.625. The molecule has 0 amide bonds. The molecular weight excluding hydrogens is 254 g/mol. The van der Waals surface area contributed by atoms with Gasteiger partial charge >= 0.3 is 0 Å². The van der Waals surface area contributed by atoms with Crippen molar-refractivity contribution in [1.29, 1.82) is 0 Å². The van der Waals surface area contributed by atoms with Crippen molar-refractivity contribution in [2.45, 2.75) is 51.5 Å². The van der Waals surface area contributed by atoms with E-state index in [4.69, 9.17) is 0 Å². The van der Waals surface area contributed by atoms with Gasteiger partial charge in [0.05, 0.1) is 6.10 Å². The van der Waals surface area contributed by atoms with Crippen molar-refractivity contribution in [3.05, 3.63) is 35.4 Å². The summed E-state index contributed by atoms with van der Waals surface area (Å²) in [6.45, 7) is 9.33. The molecule has 3 atom stereocenters. The largest absolute Gasteiger partial charge is 0.392 e. The van der Waals surface area contributed by atoms with Crippen LogP contribution in [0.1, 0.15) is 44.4 Å². The SMILES string of the molecule is CCCNC(CSC(C)C(C)O)c1ccccc1C. The Kier molecular flexibility index (Phi) is 7.51. The molecule has 0 radical (unpaired) electrons. The molecule has 0 fully saturated rings. The van der Waals surface area contributed by atoms with Crippen molar-refractivity contribution < 1.29 is 5.11 Å². The van der Waals surface area contributed by atoms with Crippen LogP contribution in [-0.4, -0.2) is 28.8 Å². The number of hydrogen-bond acceptors (Lipinski definition) is 3. The number of benzene rings is 1. The van der Waals surface area contributed by atoms with Crippen LogP contribution in [0.25, 0.3) is 0 Å². The molecule has 0 heterocycles. The summed E-state index contributed by atoms with van der Waals surface area (Å²) in [6, 6.07) is 8.93. The lowest BCUT2D eigenvalue weighted by Crippen LogP contribution is -2.26. The van der Waals surface area contributed by atoms with Crippen molar-refractivity contribution in [1.82, 2.24) is 5.32 Å². The molecule has 1 aromatic carbocycles. The highest BCUT2D eigenvalue weighted by molar-refractivity contribution is 7.99. The summed E-state index contributed by atoms with van der Waals surface area (Å²) in [6.07, 6.45) is 0.882. The number of aryl methyl sites for hydroxylation is 1. The maximum Gasteiger partial charge on any atom is 0.0628 e. The van der Waals surface area contributed by atoms with Crippen LogP contribution in [0.5, 0.6) is 0 Å². The molecule has 0 bridgehead atoms. The summed E-state index contributed by atoms with van der Waals surface area (Å²) in [4.78, 5) is 0. The van der Waals surface area contributed by atoms with Crippen LogP contribution in [0, 0.1) is 6.92 Å². The van der Waals surface area contributed by atoms with Gasteiger partial charge in [0.15, 0.2) is 0 Å². The fourth-order valence-electron chi connectivity index (χ4n) is 1.94. The van der Waals surface area contributed by atoms with Crippen LogP contribution in [0.2, 0.25) is 0 Å². The van der Waals surface area contributed by atoms with E-state index in [1.54, 1.807) is 0 Å². The molecule has 3 heteroatoms. The molecule has 0 saturated carbocycles. The first-order valence-electron chi connectivity index (χ1n) is 7.14. The quantitative estimate of drug-likeness (QED) is 0.764. The van der Waals surface area contributed by atoms with Gasteiger partial charge in [-0.3, -0.25) is 0 Å². The number of aliphatic hydroxyl groups excluding tert-OH is 1. The van der Waals surface area contributed by atoms with E-state index in [1.165, 1.54) is 11.1 Å². The molecule has 2 N–H and O–H groups in total. The average molecular weight is 281 g/mol. The predicted molar refractivity (Wildman–Crippen MR) is 85.8 cm³/mol. The normalized spacial score (nSPS) is 16.1. The molecule has 0 aliphatic carbocycles. The van der Waals surface area contributed by atoms with E-state index in [0.717, 1.165) is 18.7 Å². The number of thioether (sulfide) groups is 1. The van der Waals surface area contributed by atoms with E-state index in [0.29, 0.717) is 6.04 Å². The van der Waals surface area contributed by atoms with E-state index in [2.05, 4.69) is 50.4 Å². The van der Waals surface area contributed by atoms with Crippen LogP contribution < -0.4 is 5.32 Å². The third-order valence-electron chi connectivity index (χ3n) is 3.41. The second kappa shape index (κ2) is 8.62. The minimum absolute atomic E-state index is 0.256. The van der Waals surface area contributed by atoms with Crippen molar-refractivity contribution >= 4 is 11.8 Å². The molecule has 1 rings (SSSR count).